The first-order valence-electron chi connectivity index (χ1n) is 5.61. The summed E-state index contributed by atoms with van der Waals surface area (Å²) in [4.78, 5) is 3.86. The normalized spacial score (nSPS) is 15.7. The van der Waals surface area contributed by atoms with Crippen LogP contribution in [-0.4, -0.2) is 25.0 Å². The Kier molecular flexibility index (Phi) is 2.39. The number of nitrogens with zero attached hydrogens (tertiary/aromatic N) is 4. The van der Waals surface area contributed by atoms with Crippen molar-refractivity contribution in [3.05, 3.63) is 23.3 Å². The van der Waals surface area contributed by atoms with Gasteiger partial charge in [0.2, 0.25) is 5.95 Å². The number of aromatic amines is 1. The quantitative estimate of drug-likeness (QED) is 0.848. The van der Waals surface area contributed by atoms with Gasteiger partial charge < -0.3 is 0 Å². The Morgan fingerprint density at radius 3 is 2.67 bits per heavy atom. The zero-order valence-electron chi connectivity index (χ0n) is 9.33. The van der Waals surface area contributed by atoms with Crippen LogP contribution in [-0.2, 0) is 19.0 Å². The molecule has 1 aliphatic rings. The molecule has 0 radical (unpaired) electrons. The van der Waals surface area contributed by atoms with Crippen LogP contribution in [0.4, 0.5) is 13.2 Å². The molecular weight excluding hydrogens is 247 g/mol. The Morgan fingerprint density at radius 2 is 2.00 bits per heavy atom. The molecule has 8 heteroatoms. The average molecular weight is 257 g/mol. The fourth-order valence-electron chi connectivity index (χ4n) is 2.30. The highest BCUT2D eigenvalue weighted by molar-refractivity contribution is 5.34. The van der Waals surface area contributed by atoms with Crippen molar-refractivity contribution in [1.29, 1.82) is 0 Å². The molecule has 2 aromatic rings. The predicted octanol–water partition coefficient (Wildman–Crippen LogP) is 1.89. The van der Waals surface area contributed by atoms with Crippen molar-refractivity contribution in [1.82, 2.24) is 25.0 Å². The lowest BCUT2D eigenvalue weighted by Gasteiger charge is -2.13. The Labute approximate surface area is 100 Å². The van der Waals surface area contributed by atoms with Crippen LogP contribution in [0.5, 0.6) is 0 Å². The highest BCUT2D eigenvalue weighted by Crippen LogP contribution is 2.36. The molecule has 0 amide bonds. The van der Waals surface area contributed by atoms with Crippen LogP contribution in [0.3, 0.4) is 0 Å². The van der Waals surface area contributed by atoms with Gasteiger partial charge in [-0.1, -0.05) is 0 Å². The standard InChI is InChI=1S/C10H10F3N5/c11-10(12,13)8-6-3-1-2-4-7(6)18(17-8)9-14-5-15-16-9/h5H,1-4H2,(H,14,15,16). The summed E-state index contributed by atoms with van der Waals surface area (Å²) in [5.74, 6) is 0.226. The van der Waals surface area contributed by atoms with Crippen LogP contribution in [0.15, 0.2) is 6.33 Å². The van der Waals surface area contributed by atoms with Crippen molar-refractivity contribution < 1.29 is 13.2 Å². The first kappa shape index (κ1) is 11.2. The zero-order chi connectivity index (χ0) is 12.8. The van der Waals surface area contributed by atoms with Gasteiger partial charge in [-0.2, -0.15) is 28.4 Å². The van der Waals surface area contributed by atoms with E-state index in [1.807, 2.05) is 0 Å². The van der Waals surface area contributed by atoms with Gasteiger partial charge >= 0.3 is 6.18 Å². The fraction of sp³-hybridized carbons (Fsp3) is 0.500. The number of rotatable bonds is 1. The highest BCUT2D eigenvalue weighted by Gasteiger charge is 2.39. The molecule has 0 saturated carbocycles. The second-order valence-corrected chi connectivity index (χ2v) is 4.20. The molecule has 0 unspecified atom stereocenters. The van der Waals surface area contributed by atoms with E-state index in [1.165, 1.54) is 11.0 Å². The topological polar surface area (TPSA) is 59.4 Å². The summed E-state index contributed by atoms with van der Waals surface area (Å²) in [6, 6.07) is 0. The van der Waals surface area contributed by atoms with Crippen LogP contribution in [0.1, 0.15) is 29.8 Å². The van der Waals surface area contributed by atoms with E-state index in [4.69, 9.17) is 0 Å². The number of halogens is 3. The van der Waals surface area contributed by atoms with E-state index in [9.17, 15) is 13.2 Å². The summed E-state index contributed by atoms with van der Waals surface area (Å²) < 4.78 is 40.0. The minimum absolute atomic E-state index is 0.226. The SMILES string of the molecule is FC(F)(F)c1nn(-c2ncn[nH]2)c2c1CCCC2. The van der Waals surface area contributed by atoms with Crippen molar-refractivity contribution in [3.8, 4) is 5.95 Å². The summed E-state index contributed by atoms with van der Waals surface area (Å²) in [6.45, 7) is 0. The molecule has 1 aliphatic carbocycles. The summed E-state index contributed by atoms with van der Waals surface area (Å²) in [6.07, 6.45) is -0.550. The molecule has 0 spiro atoms. The smallest absolute Gasteiger partial charge is 0.244 e. The van der Waals surface area contributed by atoms with Gasteiger partial charge in [-0.15, -0.1) is 0 Å². The van der Waals surface area contributed by atoms with E-state index in [0.717, 1.165) is 12.8 Å². The highest BCUT2D eigenvalue weighted by atomic mass is 19.4. The average Bonchev–Trinajstić information content (AvgIpc) is 2.94. The first-order valence-corrected chi connectivity index (χ1v) is 5.61. The van der Waals surface area contributed by atoms with Crippen LogP contribution in [0.2, 0.25) is 0 Å². The lowest BCUT2D eigenvalue weighted by atomic mass is 9.95. The maximum Gasteiger partial charge on any atom is 0.435 e. The van der Waals surface area contributed by atoms with E-state index in [-0.39, 0.29) is 5.95 Å². The number of hydrogen-bond acceptors (Lipinski definition) is 3. The molecule has 0 aliphatic heterocycles. The van der Waals surface area contributed by atoms with Crippen molar-refractivity contribution in [2.24, 2.45) is 0 Å². The van der Waals surface area contributed by atoms with Crippen molar-refractivity contribution >= 4 is 0 Å². The van der Waals surface area contributed by atoms with Gasteiger partial charge in [0.05, 0.1) is 5.69 Å². The summed E-state index contributed by atoms with van der Waals surface area (Å²) in [5.41, 5.74) is 0.0871. The summed E-state index contributed by atoms with van der Waals surface area (Å²) in [5, 5.41) is 9.84. The third-order valence-electron chi connectivity index (χ3n) is 3.05. The van der Waals surface area contributed by atoms with Crippen LogP contribution >= 0.6 is 0 Å². The monoisotopic (exact) mass is 257 g/mol. The van der Waals surface area contributed by atoms with E-state index in [0.29, 0.717) is 24.1 Å². The van der Waals surface area contributed by atoms with E-state index >= 15 is 0 Å². The minimum atomic E-state index is -4.42. The summed E-state index contributed by atoms with van der Waals surface area (Å²) >= 11 is 0. The third kappa shape index (κ3) is 1.68. The second-order valence-electron chi connectivity index (χ2n) is 4.20. The van der Waals surface area contributed by atoms with Crippen molar-refractivity contribution in [2.75, 3.05) is 0 Å². The Morgan fingerprint density at radius 1 is 1.22 bits per heavy atom. The number of H-pyrrole nitrogens is 1. The van der Waals surface area contributed by atoms with Gasteiger partial charge in [0.15, 0.2) is 5.69 Å². The summed E-state index contributed by atoms with van der Waals surface area (Å²) in [7, 11) is 0. The molecule has 5 nitrogen and oxygen atoms in total. The minimum Gasteiger partial charge on any atom is -0.244 e. The molecule has 0 fully saturated rings. The fourth-order valence-corrected chi connectivity index (χ4v) is 2.30. The van der Waals surface area contributed by atoms with Crippen LogP contribution in [0, 0.1) is 0 Å². The van der Waals surface area contributed by atoms with Crippen molar-refractivity contribution in [2.45, 2.75) is 31.9 Å². The number of alkyl halides is 3. The molecule has 0 aromatic carbocycles. The number of fused-ring (bicyclic) bond motifs is 1. The largest absolute Gasteiger partial charge is 0.435 e. The molecule has 0 saturated heterocycles. The molecule has 1 N–H and O–H groups in total. The molecule has 3 rings (SSSR count). The maximum absolute atomic E-state index is 12.9. The van der Waals surface area contributed by atoms with Crippen LogP contribution < -0.4 is 0 Å². The van der Waals surface area contributed by atoms with Gasteiger partial charge in [0, 0.05) is 5.56 Å². The molecule has 2 aromatic heterocycles. The number of aromatic nitrogens is 5. The maximum atomic E-state index is 12.9. The number of hydrogen-bond donors (Lipinski definition) is 1. The predicted molar refractivity (Wildman–Crippen MR) is 55.1 cm³/mol. The molecule has 0 atom stereocenters. The molecule has 18 heavy (non-hydrogen) atoms. The first-order chi connectivity index (χ1) is 8.57. The molecule has 2 heterocycles. The van der Waals surface area contributed by atoms with E-state index in [2.05, 4.69) is 20.3 Å². The van der Waals surface area contributed by atoms with Gasteiger partial charge in [-0.25, -0.2) is 9.78 Å². The molecule has 96 valence electrons. The van der Waals surface area contributed by atoms with E-state index in [1.54, 1.807) is 0 Å². The zero-order valence-corrected chi connectivity index (χ0v) is 9.33. The van der Waals surface area contributed by atoms with Crippen LogP contribution in [0.25, 0.3) is 5.95 Å². The van der Waals surface area contributed by atoms with E-state index < -0.39 is 11.9 Å². The Bertz CT molecular complexity index is 555. The van der Waals surface area contributed by atoms with Gasteiger partial charge in [0.1, 0.15) is 6.33 Å². The van der Waals surface area contributed by atoms with Gasteiger partial charge in [-0.05, 0) is 25.7 Å². The lowest BCUT2D eigenvalue weighted by molar-refractivity contribution is -0.142. The molecular formula is C10H10F3N5. The Balaban J connectivity index is 2.19. The number of nitrogens with one attached hydrogen (secondary N) is 1. The Hall–Kier alpha value is -1.86. The van der Waals surface area contributed by atoms with Gasteiger partial charge in [-0.3, -0.25) is 0 Å². The molecule has 0 bridgehead atoms. The van der Waals surface area contributed by atoms with Gasteiger partial charge in [0.25, 0.3) is 0 Å². The lowest BCUT2D eigenvalue weighted by Crippen LogP contribution is -2.11. The second kappa shape index (κ2) is 3.82. The third-order valence-corrected chi connectivity index (χ3v) is 3.05. The van der Waals surface area contributed by atoms with Crippen molar-refractivity contribution in [3.63, 3.8) is 0 Å².